The van der Waals surface area contributed by atoms with E-state index in [4.69, 9.17) is 4.74 Å². The highest BCUT2D eigenvalue weighted by Crippen LogP contribution is 2.36. The lowest BCUT2D eigenvalue weighted by Crippen LogP contribution is -2.47. The van der Waals surface area contributed by atoms with Crippen LogP contribution in [0.4, 0.5) is 0 Å². The summed E-state index contributed by atoms with van der Waals surface area (Å²) in [6.45, 7) is 8.61. The highest BCUT2D eigenvalue weighted by atomic mass is 16.5. The molecule has 0 bridgehead atoms. The fourth-order valence-corrected chi connectivity index (χ4v) is 4.38. The van der Waals surface area contributed by atoms with Crippen LogP contribution in [0.3, 0.4) is 0 Å². The van der Waals surface area contributed by atoms with Crippen LogP contribution < -0.4 is 0 Å². The molecule has 26 heavy (non-hydrogen) atoms. The summed E-state index contributed by atoms with van der Waals surface area (Å²) < 4.78 is 7.23. The molecule has 1 amide bonds. The number of carbonyl (C=O) groups is 1. The summed E-state index contributed by atoms with van der Waals surface area (Å²) in [5, 5.41) is 4.39. The zero-order chi connectivity index (χ0) is 18.5. The molecule has 0 N–H and O–H groups in total. The molecule has 0 radical (unpaired) electrons. The predicted molar refractivity (Wildman–Crippen MR) is 101 cm³/mol. The van der Waals surface area contributed by atoms with Crippen molar-refractivity contribution in [2.75, 3.05) is 59.5 Å². The van der Waals surface area contributed by atoms with E-state index in [1.807, 2.05) is 22.8 Å². The summed E-state index contributed by atoms with van der Waals surface area (Å²) in [7, 11) is 4.05. The van der Waals surface area contributed by atoms with E-state index in [0.717, 1.165) is 32.7 Å². The molecule has 0 unspecified atom stereocenters. The lowest BCUT2D eigenvalue weighted by atomic mass is 9.85. The van der Waals surface area contributed by atoms with Gasteiger partial charge in [-0.15, -0.1) is 0 Å². The van der Waals surface area contributed by atoms with Crippen molar-refractivity contribution in [3.05, 3.63) is 18.0 Å². The van der Waals surface area contributed by atoms with Crippen molar-refractivity contribution in [2.24, 2.45) is 13.0 Å². The molecule has 3 rings (SSSR count). The highest BCUT2D eigenvalue weighted by Gasteiger charge is 2.33. The first-order valence-corrected chi connectivity index (χ1v) is 9.85. The molecule has 0 spiro atoms. The van der Waals surface area contributed by atoms with Crippen molar-refractivity contribution in [1.82, 2.24) is 24.5 Å². The fourth-order valence-electron chi connectivity index (χ4n) is 4.38. The maximum atomic E-state index is 12.5. The summed E-state index contributed by atoms with van der Waals surface area (Å²) in [5.41, 5.74) is 1.30. The fraction of sp³-hybridized carbons (Fsp3) is 0.789. The lowest BCUT2D eigenvalue weighted by Gasteiger charge is -2.42. The summed E-state index contributed by atoms with van der Waals surface area (Å²) in [5.74, 6) is 0.743. The molecular weight excluding hydrogens is 330 g/mol. The molecule has 3 heterocycles. The maximum absolute atomic E-state index is 12.5. The number of piperidine rings is 1. The van der Waals surface area contributed by atoms with Crippen molar-refractivity contribution in [2.45, 2.75) is 25.8 Å². The first kappa shape index (κ1) is 19.3. The molecule has 2 aliphatic heterocycles. The minimum atomic E-state index is 0.219. The average molecular weight is 364 g/mol. The van der Waals surface area contributed by atoms with Gasteiger partial charge in [0.1, 0.15) is 0 Å². The third-order valence-electron chi connectivity index (χ3n) is 5.65. The van der Waals surface area contributed by atoms with E-state index in [9.17, 15) is 4.79 Å². The number of likely N-dealkylation sites (tertiary alicyclic amines) is 1. The molecule has 2 saturated heterocycles. The number of aryl methyl sites for hydroxylation is 1. The third-order valence-corrected chi connectivity index (χ3v) is 5.65. The molecule has 2 atom stereocenters. The summed E-state index contributed by atoms with van der Waals surface area (Å²) in [4.78, 5) is 19.2. The van der Waals surface area contributed by atoms with Crippen molar-refractivity contribution >= 4 is 5.91 Å². The van der Waals surface area contributed by atoms with E-state index >= 15 is 0 Å². The number of hydrogen-bond donors (Lipinski definition) is 0. The number of ether oxygens (including phenoxy) is 1. The molecule has 7 heteroatoms. The van der Waals surface area contributed by atoms with Crippen LogP contribution in [0.2, 0.25) is 0 Å². The predicted octanol–water partition coefficient (Wildman–Crippen LogP) is 0.984. The maximum Gasteiger partial charge on any atom is 0.236 e. The van der Waals surface area contributed by atoms with Crippen LogP contribution in [-0.2, 0) is 16.6 Å². The van der Waals surface area contributed by atoms with Gasteiger partial charge in [0.15, 0.2) is 0 Å². The lowest BCUT2D eigenvalue weighted by molar-refractivity contribution is -0.136. The van der Waals surface area contributed by atoms with Gasteiger partial charge in [0.05, 0.1) is 26.0 Å². The van der Waals surface area contributed by atoms with Crippen LogP contribution >= 0.6 is 0 Å². The smallest absolute Gasteiger partial charge is 0.236 e. The highest BCUT2D eigenvalue weighted by molar-refractivity contribution is 5.78. The van der Waals surface area contributed by atoms with Gasteiger partial charge in [0.25, 0.3) is 0 Å². The monoisotopic (exact) mass is 363 g/mol. The van der Waals surface area contributed by atoms with E-state index in [1.54, 1.807) is 0 Å². The quantitative estimate of drug-likeness (QED) is 0.754. The Balaban J connectivity index is 1.62. The van der Waals surface area contributed by atoms with Crippen LogP contribution in [0.25, 0.3) is 0 Å². The Morgan fingerprint density at radius 3 is 2.77 bits per heavy atom. The van der Waals surface area contributed by atoms with Crippen LogP contribution in [0.15, 0.2) is 12.4 Å². The molecule has 7 nitrogen and oxygen atoms in total. The molecule has 1 aromatic rings. The van der Waals surface area contributed by atoms with Crippen LogP contribution in [-0.4, -0.2) is 89.9 Å². The molecule has 0 saturated carbocycles. The molecule has 1 aromatic heterocycles. The Kier molecular flexibility index (Phi) is 6.67. The second-order valence-corrected chi connectivity index (χ2v) is 7.61. The van der Waals surface area contributed by atoms with Crippen LogP contribution in [0.5, 0.6) is 0 Å². The summed E-state index contributed by atoms with van der Waals surface area (Å²) in [6.07, 6.45) is 6.57. The second kappa shape index (κ2) is 8.97. The van der Waals surface area contributed by atoms with Gasteiger partial charge in [0, 0.05) is 44.5 Å². The van der Waals surface area contributed by atoms with Gasteiger partial charge in [-0.25, -0.2) is 0 Å². The minimum Gasteiger partial charge on any atom is -0.378 e. The van der Waals surface area contributed by atoms with E-state index in [0.29, 0.717) is 31.7 Å². The van der Waals surface area contributed by atoms with Crippen LogP contribution in [0, 0.1) is 5.92 Å². The van der Waals surface area contributed by atoms with Crippen molar-refractivity contribution < 1.29 is 9.53 Å². The Bertz CT molecular complexity index is 584. The number of likely N-dealkylation sites (N-methyl/N-ethyl adjacent to an activating group) is 1. The number of carbonyl (C=O) groups excluding carboxylic acids is 1. The van der Waals surface area contributed by atoms with E-state index in [1.165, 1.54) is 18.4 Å². The number of rotatable bonds is 6. The van der Waals surface area contributed by atoms with Gasteiger partial charge in [-0.2, -0.15) is 5.10 Å². The zero-order valence-electron chi connectivity index (χ0n) is 16.4. The van der Waals surface area contributed by atoms with Gasteiger partial charge in [-0.05, 0) is 38.9 Å². The molecule has 146 valence electrons. The Labute approximate surface area is 156 Å². The largest absolute Gasteiger partial charge is 0.378 e. The first-order chi connectivity index (χ1) is 12.6. The zero-order valence-corrected chi connectivity index (χ0v) is 16.4. The third kappa shape index (κ3) is 4.64. The average Bonchev–Trinajstić information content (AvgIpc) is 3.08. The van der Waals surface area contributed by atoms with E-state index in [-0.39, 0.29) is 5.91 Å². The number of nitrogens with zero attached hydrogens (tertiary/aromatic N) is 5. The number of aromatic nitrogens is 2. The SMILES string of the molecule is CCN1CCC[C@@H](CN(C)CC(=O)N2CCOCC2)[C@@H]1c1cnn(C)c1. The van der Waals surface area contributed by atoms with Crippen molar-refractivity contribution in [3.8, 4) is 0 Å². The first-order valence-electron chi connectivity index (χ1n) is 9.85. The van der Waals surface area contributed by atoms with E-state index in [2.05, 4.69) is 35.1 Å². The molecule has 2 fully saturated rings. The molecular formula is C19H33N5O2. The number of hydrogen-bond acceptors (Lipinski definition) is 5. The Hall–Kier alpha value is -1.44. The summed E-state index contributed by atoms with van der Waals surface area (Å²) >= 11 is 0. The minimum absolute atomic E-state index is 0.219. The Morgan fingerprint density at radius 2 is 2.12 bits per heavy atom. The molecule has 0 aliphatic carbocycles. The topological polar surface area (TPSA) is 53.8 Å². The molecule has 0 aromatic carbocycles. The standard InChI is InChI=1S/C19H33N5O2/c1-4-23-7-5-6-16(19(23)17-12-20-22(3)14-17)13-21(2)15-18(25)24-8-10-26-11-9-24/h12,14,16,19H,4-11,13,15H2,1-3H3/t16-,19+/m0/s1. The van der Waals surface area contributed by atoms with Gasteiger partial charge in [0.2, 0.25) is 5.91 Å². The van der Waals surface area contributed by atoms with E-state index < -0.39 is 0 Å². The normalized spacial score (nSPS) is 25.0. The summed E-state index contributed by atoms with van der Waals surface area (Å²) in [6, 6.07) is 0.392. The number of amides is 1. The van der Waals surface area contributed by atoms with Crippen LogP contribution in [0.1, 0.15) is 31.4 Å². The van der Waals surface area contributed by atoms with Gasteiger partial charge in [-0.1, -0.05) is 6.92 Å². The number of morpholine rings is 1. The second-order valence-electron chi connectivity index (χ2n) is 7.61. The van der Waals surface area contributed by atoms with Gasteiger partial charge >= 0.3 is 0 Å². The van der Waals surface area contributed by atoms with Crippen molar-refractivity contribution in [3.63, 3.8) is 0 Å². The molecule has 2 aliphatic rings. The van der Waals surface area contributed by atoms with Gasteiger partial charge in [-0.3, -0.25) is 19.3 Å². The van der Waals surface area contributed by atoms with Gasteiger partial charge < -0.3 is 9.64 Å². The van der Waals surface area contributed by atoms with Crippen molar-refractivity contribution in [1.29, 1.82) is 0 Å². The Morgan fingerprint density at radius 1 is 1.35 bits per heavy atom.